The van der Waals surface area contributed by atoms with Crippen molar-refractivity contribution in [2.45, 2.75) is 38.3 Å². The number of halogens is 1. The van der Waals surface area contributed by atoms with Crippen LogP contribution in [0.25, 0.3) is 0 Å². The third-order valence-electron chi connectivity index (χ3n) is 4.71. The Hall–Kier alpha value is -1.13. The second kappa shape index (κ2) is 5.70. The molecule has 4 heteroatoms. The minimum atomic E-state index is -0.103. The van der Waals surface area contributed by atoms with E-state index in [-0.39, 0.29) is 5.82 Å². The molecule has 2 aliphatic rings. The lowest BCUT2D eigenvalue weighted by Crippen LogP contribution is -2.55. The molecule has 2 saturated heterocycles. The molecule has 0 amide bonds. The molecule has 2 N–H and O–H groups in total. The maximum atomic E-state index is 14.4. The summed E-state index contributed by atoms with van der Waals surface area (Å²) >= 11 is 0. The highest BCUT2D eigenvalue weighted by Crippen LogP contribution is 2.32. The van der Waals surface area contributed by atoms with Gasteiger partial charge in [0.15, 0.2) is 0 Å². The molecule has 0 radical (unpaired) electrons. The number of para-hydroxylation sites is 1. The van der Waals surface area contributed by atoms with Gasteiger partial charge in [0.05, 0.1) is 5.69 Å². The van der Waals surface area contributed by atoms with Crippen LogP contribution in [0.15, 0.2) is 18.2 Å². The van der Waals surface area contributed by atoms with Gasteiger partial charge in [-0.2, -0.15) is 0 Å². The third kappa shape index (κ3) is 2.42. The third-order valence-corrected chi connectivity index (χ3v) is 4.71. The molecule has 0 spiro atoms. The van der Waals surface area contributed by atoms with Crippen LogP contribution in [-0.4, -0.2) is 43.2 Å². The largest absolute Gasteiger partial charge is 0.363 e. The van der Waals surface area contributed by atoms with Gasteiger partial charge in [0.1, 0.15) is 5.82 Å². The molecule has 0 aromatic heterocycles. The molecule has 2 heterocycles. The number of anilines is 1. The van der Waals surface area contributed by atoms with Crippen molar-refractivity contribution in [1.82, 2.24) is 4.90 Å². The highest BCUT2D eigenvalue weighted by molar-refractivity contribution is 5.56. The predicted octanol–water partition coefficient (Wildman–Crippen LogP) is 2.00. The van der Waals surface area contributed by atoms with E-state index >= 15 is 0 Å². The van der Waals surface area contributed by atoms with Gasteiger partial charge in [-0.1, -0.05) is 12.1 Å². The minimum absolute atomic E-state index is 0.103. The molecule has 20 heavy (non-hydrogen) atoms. The van der Waals surface area contributed by atoms with Crippen molar-refractivity contribution in [2.75, 3.05) is 31.1 Å². The number of rotatable bonds is 3. The molecular formula is C16H24FN3. The topological polar surface area (TPSA) is 32.5 Å². The van der Waals surface area contributed by atoms with Crippen molar-refractivity contribution in [3.8, 4) is 0 Å². The van der Waals surface area contributed by atoms with Crippen LogP contribution < -0.4 is 10.6 Å². The van der Waals surface area contributed by atoms with Gasteiger partial charge in [-0.3, -0.25) is 4.90 Å². The van der Waals surface area contributed by atoms with Crippen LogP contribution in [0.5, 0.6) is 0 Å². The van der Waals surface area contributed by atoms with Gasteiger partial charge < -0.3 is 10.6 Å². The molecule has 3 rings (SSSR count). The highest BCUT2D eigenvalue weighted by atomic mass is 19.1. The van der Waals surface area contributed by atoms with E-state index in [0.29, 0.717) is 18.6 Å². The Morgan fingerprint density at radius 3 is 3.00 bits per heavy atom. The average Bonchev–Trinajstić information content (AvgIpc) is 2.86. The van der Waals surface area contributed by atoms with Crippen LogP contribution in [0.2, 0.25) is 0 Å². The fourth-order valence-corrected chi connectivity index (χ4v) is 3.74. The first-order valence-corrected chi connectivity index (χ1v) is 7.69. The Bertz CT molecular complexity index is 477. The maximum absolute atomic E-state index is 14.4. The maximum Gasteiger partial charge on any atom is 0.146 e. The first-order chi connectivity index (χ1) is 9.70. The van der Waals surface area contributed by atoms with Gasteiger partial charge in [0, 0.05) is 25.2 Å². The number of benzene rings is 1. The van der Waals surface area contributed by atoms with Crippen molar-refractivity contribution < 1.29 is 4.39 Å². The molecule has 2 unspecified atom stereocenters. The summed E-state index contributed by atoms with van der Waals surface area (Å²) in [6, 6.07) is 6.33. The second-order valence-corrected chi connectivity index (χ2v) is 6.08. The highest BCUT2D eigenvalue weighted by Gasteiger charge is 2.35. The van der Waals surface area contributed by atoms with E-state index in [4.69, 9.17) is 5.73 Å². The molecule has 1 aromatic carbocycles. The van der Waals surface area contributed by atoms with Crippen LogP contribution in [-0.2, 0) is 6.42 Å². The fourth-order valence-electron chi connectivity index (χ4n) is 3.74. The summed E-state index contributed by atoms with van der Waals surface area (Å²) in [7, 11) is 0. The summed E-state index contributed by atoms with van der Waals surface area (Å²) in [4.78, 5) is 4.83. The summed E-state index contributed by atoms with van der Waals surface area (Å²) < 4.78 is 14.4. The van der Waals surface area contributed by atoms with Gasteiger partial charge in [-0.15, -0.1) is 0 Å². The Kier molecular flexibility index (Phi) is 3.94. The van der Waals surface area contributed by atoms with E-state index < -0.39 is 0 Å². The standard InChI is InChI=1S/C16H24FN3/c1-12-10-19-9-3-5-14(19)11-20(12)16-13(7-8-18)4-2-6-15(16)17/h2,4,6,12,14H,3,5,7-11,18H2,1H3. The number of nitrogens with two attached hydrogens (primary N) is 1. The number of fused-ring (bicyclic) bond motifs is 1. The minimum Gasteiger partial charge on any atom is -0.363 e. The van der Waals surface area contributed by atoms with Gasteiger partial charge in [-0.05, 0) is 50.9 Å². The summed E-state index contributed by atoms with van der Waals surface area (Å²) in [6.07, 6.45) is 3.26. The Labute approximate surface area is 120 Å². The van der Waals surface area contributed by atoms with Crippen LogP contribution in [0.3, 0.4) is 0 Å². The lowest BCUT2D eigenvalue weighted by Gasteiger charge is -2.44. The molecule has 0 saturated carbocycles. The van der Waals surface area contributed by atoms with Crippen LogP contribution >= 0.6 is 0 Å². The number of hydrogen-bond donors (Lipinski definition) is 1. The Morgan fingerprint density at radius 2 is 2.20 bits per heavy atom. The van der Waals surface area contributed by atoms with Gasteiger partial charge in [-0.25, -0.2) is 4.39 Å². The quantitative estimate of drug-likeness (QED) is 0.917. The molecule has 3 nitrogen and oxygen atoms in total. The van der Waals surface area contributed by atoms with Crippen LogP contribution in [0, 0.1) is 5.82 Å². The smallest absolute Gasteiger partial charge is 0.146 e. The summed E-state index contributed by atoms with van der Waals surface area (Å²) in [5.41, 5.74) is 7.52. The predicted molar refractivity (Wildman–Crippen MR) is 80.6 cm³/mol. The lowest BCUT2D eigenvalue weighted by molar-refractivity contribution is 0.202. The van der Waals surface area contributed by atoms with Crippen LogP contribution in [0.4, 0.5) is 10.1 Å². The van der Waals surface area contributed by atoms with Gasteiger partial charge in [0.2, 0.25) is 0 Å². The van der Waals surface area contributed by atoms with E-state index in [9.17, 15) is 4.39 Å². The van der Waals surface area contributed by atoms with Gasteiger partial charge >= 0.3 is 0 Å². The van der Waals surface area contributed by atoms with Crippen molar-refractivity contribution >= 4 is 5.69 Å². The summed E-state index contributed by atoms with van der Waals surface area (Å²) in [5.74, 6) is -0.103. The molecule has 2 aliphatic heterocycles. The van der Waals surface area contributed by atoms with Gasteiger partial charge in [0.25, 0.3) is 0 Å². The van der Waals surface area contributed by atoms with E-state index in [1.54, 1.807) is 12.1 Å². The van der Waals surface area contributed by atoms with E-state index in [1.165, 1.54) is 19.4 Å². The van der Waals surface area contributed by atoms with Crippen molar-refractivity contribution in [3.63, 3.8) is 0 Å². The molecule has 2 fully saturated rings. The van der Waals surface area contributed by atoms with Crippen molar-refractivity contribution in [2.24, 2.45) is 5.73 Å². The first-order valence-electron chi connectivity index (χ1n) is 7.69. The summed E-state index contributed by atoms with van der Waals surface area (Å²) in [5, 5.41) is 0. The van der Waals surface area contributed by atoms with Crippen molar-refractivity contribution in [3.05, 3.63) is 29.6 Å². The SMILES string of the molecule is CC1CN2CCCC2CN1c1c(F)cccc1CCN. The van der Waals surface area contributed by atoms with E-state index in [0.717, 1.165) is 30.8 Å². The average molecular weight is 277 g/mol. The fraction of sp³-hybridized carbons (Fsp3) is 0.625. The molecule has 0 bridgehead atoms. The zero-order chi connectivity index (χ0) is 14.1. The monoisotopic (exact) mass is 277 g/mol. The molecule has 2 atom stereocenters. The molecule has 0 aliphatic carbocycles. The van der Waals surface area contributed by atoms with Crippen LogP contribution in [0.1, 0.15) is 25.3 Å². The molecule has 110 valence electrons. The van der Waals surface area contributed by atoms with E-state index in [1.807, 2.05) is 6.07 Å². The second-order valence-electron chi connectivity index (χ2n) is 6.08. The Balaban J connectivity index is 1.91. The zero-order valence-corrected chi connectivity index (χ0v) is 12.2. The lowest BCUT2D eigenvalue weighted by atomic mass is 10.0. The van der Waals surface area contributed by atoms with Crippen molar-refractivity contribution in [1.29, 1.82) is 0 Å². The molecular weight excluding hydrogens is 253 g/mol. The molecule has 1 aromatic rings. The number of nitrogens with zero attached hydrogens (tertiary/aromatic N) is 2. The first kappa shape index (κ1) is 13.8. The normalized spacial score (nSPS) is 26.9. The number of piperazine rings is 1. The number of hydrogen-bond acceptors (Lipinski definition) is 3. The zero-order valence-electron chi connectivity index (χ0n) is 12.2. The van der Waals surface area contributed by atoms with E-state index in [2.05, 4.69) is 16.7 Å². The summed E-state index contributed by atoms with van der Waals surface area (Å²) in [6.45, 7) is 5.96. The Morgan fingerprint density at radius 1 is 1.35 bits per heavy atom.